The molecule has 13 N–H and O–H groups in total. The van der Waals surface area contributed by atoms with Crippen LogP contribution in [0.15, 0.2) is 0 Å². The lowest BCUT2D eigenvalue weighted by molar-refractivity contribution is -0.137. The van der Waals surface area contributed by atoms with E-state index in [9.17, 15) is 48.3 Å². The maximum absolute atomic E-state index is 12.7. The van der Waals surface area contributed by atoms with E-state index < -0.39 is 85.1 Å². The van der Waals surface area contributed by atoms with E-state index in [4.69, 9.17) is 10.9 Å². The molecule has 0 saturated carbocycles. The van der Waals surface area contributed by atoms with Crippen molar-refractivity contribution >= 4 is 65.1 Å². The summed E-state index contributed by atoms with van der Waals surface area (Å²) in [5.74, 6) is -5.56. The molecule has 0 aromatic rings. The molecular weight excluding hydrogens is 756 g/mol. The summed E-state index contributed by atoms with van der Waals surface area (Å²) in [4.78, 5) is 110. The predicted octanol–water partition coefficient (Wildman–Crippen LogP) is -3.26. The summed E-state index contributed by atoms with van der Waals surface area (Å²) >= 11 is 1.83. The van der Waals surface area contributed by atoms with Crippen molar-refractivity contribution in [3.05, 3.63) is 0 Å². The molecule has 21 nitrogen and oxygen atoms in total. The molecular formula is C34H58N10O11S. The van der Waals surface area contributed by atoms with Gasteiger partial charge in [-0.15, -0.1) is 0 Å². The van der Waals surface area contributed by atoms with E-state index in [0.717, 1.165) is 25.0 Å². The van der Waals surface area contributed by atoms with Crippen LogP contribution < -0.4 is 53.7 Å². The van der Waals surface area contributed by atoms with Crippen molar-refractivity contribution < 1.29 is 53.5 Å². The van der Waals surface area contributed by atoms with Gasteiger partial charge in [0.15, 0.2) is 0 Å². The maximum Gasteiger partial charge on any atom is 0.315 e. The van der Waals surface area contributed by atoms with Crippen LogP contribution in [-0.2, 0) is 38.4 Å². The third kappa shape index (κ3) is 17.4. The van der Waals surface area contributed by atoms with Gasteiger partial charge in [-0.1, -0.05) is 20.3 Å². The van der Waals surface area contributed by atoms with Gasteiger partial charge < -0.3 is 53.4 Å². The first kappa shape index (κ1) is 47.5. The number of hydrogen-bond acceptors (Lipinski definition) is 12. The van der Waals surface area contributed by atoms with Crippen LogP contribution in [-0.4, -0.2) is 131 Å². The summed E-state index contributed by atoms with van der Waals surface area (Å²) in [6, 6.07) is -3.50. The number of unbranched alkanes of at least 4 members (excludes halogenated alkanes) is 2. The molecule has 7 atom stereocenters. The van der Waals surface area contributed by atoms with Crippen LogP contribution in [0.4, 0.5) is 4.79 Å². The Kier molecular flexibility index (Phi) is 21.0. The number of carbonyl (C=O) groups is 9. The molecule has 22 heteroatoms. The molecule has 0 bridgehead atoms. The monoisotopic (exact) mass is 814 g/mol. The Bertz CT molecular complexity index is 1400. The van der Waals surface area contributed by atoms with Gasteiger partial charge in [-0.25, -0.2) is 10.3 Å². The standard InChI is InChI=1S/C34H58N10O11S/c1-18(2)12-20(13-26(47)44-55)32(52)41-22(16-45)33(53)39-19(3)31(51)38-14-27(48)37-15-28(49)40-21(30(35)50)8-6-7-11-36-25(46)10-5-4-9-24-29-23(17-56-24)42-34(54)43-29/h18-24,29,45,55H,4-17H2,1-3H3,(H2,35,50)(H,36,46)(H,37,48)(H,38,51)(H,39,53)(H,40,49)(H,41,52)(H,44,47)(H2,42,43,54)/t19-,20?,21-,22-,23-,24-,29-/m0/s1. The average molecular weight is 815 g/mol. The van der Waals surface area contributed by atoms with E-state index in [1.807, 2.05) is 25.6 Å². The second-order valence-electron chi connectivity index (χ2n) is 14.3. The number of nitrogens with two attached hydrogens (primary N) is 1. The first-order valence-electron chi connectivity index (χ1n) is 18.8. The number of primary amides is 1. The Morgan fingerprint density at radius 2 is 1.52 bits per heavy atom. The number of thioether (sulfide) groups is 1. The van der Waals surface area contributed by atoms with Gasteiger partial charge in [-0.2, -0.15) is 11.8 Å². The van der Waals surface area contributed by atoms with Crippen molar-refractivity contribution in [2.24, 2.45) is 17.6 Å². The zero-order chi connectivity index (χ0) is 41.8. The Morgan fingerprint density at radius 3 is 2.18 bits per heavy atom. The topological polar surface area (TPSA) is 328 Å². The Balaban J connectivity index is 1.62. The average Bonchev–Trinajstić information content (AvgIpc) is 3.70. The highest BCUT2D eigenvalue weighted by Crippen LogP contribution is 2.33. The molecule has 1 unspecified atom stereocenters. The van der Waals surface area contributed by atoms with Crippen LogP contribution in [0.25, 0.3) is 0 Å². The second-order valence-corrected chi connectivity index (χ2v) is 15.5. The lowest BCUT2D eigenvalue weighted by atomic mass is 9.92. The number of amides is 10. The summed E-state index contributed by atoms with van der Waals surface area (Å²) in [5, 5.41) is 39.2. The largest absolute Gasteiger partial charge is 0.394 e. The summed E-state index contributed by atoms with van der Waals surface area (Å²) in [5.41, 5.74) is 6.88. The number of hydroxylamine groups is 1. The predicted molar refractivity (Wildman–Crippen MR) is 202 cm³/mol. The van der Waals surface area contributed by atoms with E-state index in [0.29, 0.717) is 31.1 Å². The molecule has 2 rings (SSSR count). The van der Waals surface area contributed by atoms with Gasteiger partial charge in [-0.3, -0.25) is 43.6 Å². The van der Waals surface area contributed by atoms with E-state index in [1.54, 1.807) is 0 Å². The molecule has 2 aliphatic rings. The highest BCUT2D eigenvalue weighted by Gasteiger charge is 2.42. The molecule has 316 valence electrons. The van der Waals surface area contributed by atoms with E-state index >= 15 is 0 Å². The molecule has 0 spiro atoms. The lowest BCUT2D eigenvalue weighted by Crippen LogP contribution is -2.55. The Hall–Kier alpha value is -4.70. The van der Waals surface area contributed by atoms with E-state index in [2.05, 4.69) is 42.5 Å². The highest BCUT2D eigenvalue weighted by molar-refractivity contribution is 8.00. The number of hydrogen-bond donors (Lipinski definition) is 12. The van der Waals surface area contributed by atoms with Crippen LogP contribution in [0.3, 0.4) is 0 Å². The van der Waals surface area contributed by atoms with Crippen molar-refractivity contribution in [1.29, 1.82) is 0 Å². The fourth-order valence-corrected chi connectivity index (χ4v) is 7.68. The van der Waals surface area contributed by atoms with Crippen molar-refractivity contribution in [3.8, 4) is 0 Å². The quantitative estimate of drug-likeness (QED) is 0.0177. The van der Waals surface area contributed by atoms with E-state index in [-0.39, 0.29) is 49.2 Å². The zero-order valence-electron chi connectivity index (χ0n) is 32.1. The van der Waals surface area contributed by atoms with Gasteiger partial charge >= 0.3 is 6.03 Å². The molecule has 2 aliphatic heterocycles. The van der Waals surface area contributed by atoms with Crippen LogP contribution in [0, 0.1) is 11.8 Å². The first-order chi connectivity index (χ1) is 26.5. The molecule has 0 aliphatic carbocycles. The number of aliphatic hydroxyl groups is 1. The van der Waals surface area contributed by atoms with Gasteiger partial charge in [0, 0.05) is 36.3 Å². The summed E-state index contributed by atoms with van der Waals surface area (Å²) in [6.07, 6.45) is 3.99. The number of aliphatic hydroxyl groups excluding tert-OH is 1. The van der Waals surface area contributed by atoms with Crippen LogP contribution in [0.2, 0.25) is 0 Å². The first-order valence-corrected chi connectivity index (χ1v) is 19.8. The van der Waals surface area contributed by atoms with Crippen LogP contribution >= 0.6 is 11.8 Å². The Morgan fingerprint density at radius 1 is 0.804 bits per heavy atom. The minimum Gasteiger partial charge on any atom is -0.394 e. The van der Waals surface area contributed by atoms with Crippen molar-refractivity contribution in [2.45, 2.75) is 114 Å². The smallest absolute Gasteiger partial charge is 0.315 e. The van der Waals surface area contributed by atoms with Gasteiger partial charge in [0.2, 0.25) is 47.3 Å². The summed E-state index contributed by atoms with van der Waals surface area (Å²) < 4.78 is 0. The normalized spacial score (nSPS) is 19.2. The third-order valence-corrected chi connectivity index (χ3v) is 10.6. The molecule has 10 amide bonds. The number of nitrogens with one attached hydrogen (secondary N) is 9. The number of fused-ring (bicyclic) bond motifs is 1. The van der Waals surface area contributed by atoms with Crippen LogP contribution in [0.5, 0.6) is 0 Å². The fourth-order valence-electron chi connectivity index (χ4n) is 6.14. The van der Waals surface area contributed by atoms with E-state index in [1.165, 1.54) is 12.4 Å². The maximum atomic E-state index is 12.7. The SMILES string of the molecule is CC(C)CC(CC(=O)NO)C(=O)N[C@@H](CO)C(=O)N[C@@H](C)C(=O)NCC(=O)NCC(=O)N[C@@H](CCCCNC(=O)CCCC[C@@H]1SC[C@@H]2NC(=O)N[C@@H]21)C(N)=O. The third-order valence-electron chi connectivity index (χ3n) is 9.12. The van der Waals surface area contributed by atoms with Gasteiger partial charge in [0.1, 0.15) is 18.1 Å². The molecule has 0 radical (unpaired) electrons. The number of carbonyl (C=O) groups excluding carboxylic acids is 9. The molecule has 56 heavy (non-hydrogen) atoms. The minimum atomic E-state index is -1.46. The highest BCUT2D eigenvalue weighted by atomic mass is 32.2. The van der Waals surface area contributed by atoms with Crippen molar-refractivity contribution in [2.75, 3.05) is 32.0 Å². The molecule has 0 aromatic carbocycles. The van der Waals surface area contributed by atoms with Gasteiger partial charge in [0.25, 0.3) is 0 Å². The minimum absolute atomic E-state index is 0.00946. The summed E-state index contributed by atoms with van der Waals surface area (Å²) in [7, 11) is 0. The Labute approximate surface area is 329 Å². The molecule has 2 heterocycles. The zero-order valence-corrected chi connectivity index (χ0v) is 32.9. The molecule has 0 aromatic heterocycles. The second kappa shape index (κ2) is 24.7. The van der Waals surface area contributed by atoms with Gasteiger partial charge in [-0.05, 0) is 51.4 Å². The fraction of sp³-hybridized carbons (Fsp3) is 0.735. The number of rotatable bonds is 26. The van der Waals surface area contributed by atoms with Crippen LogP contribution in [0.1, 0.15) is 78.6 Å². The van der Waals surface area contributed by atoms with Crippen molar-refractivity contribution in [1.82, 2.24) is 48.0 Å². The molecule has 2 saturated heterocycles. The van der Waals surface area contributed by atoms with Gasteiger partial charge in [0.05, 0.1) is 31.8 Å². The molecule has 2 fully saturated rings. The van der Waals surface area contributed by atoms with Crippen molar-refractivity contribution in [3.63, 3.8) is 0 Å². The number of urea groups is 1. The summed E-state index contributed by atoms with van der Waals surface area (Å²) in [6.45, 7) is 3.38. The lowest BCUT2D eigenvalue weighted by Gasteiger charge is -2.23.